The normalized spacial score (nSPS) is 11.1. The predicted molar refractivity (Wildman–Crippen MR) is 137 cm³/mol. The number of unbranched alkanes of at least 4 members (excludes halogenated alkanes) is 3. The van der Waals surface area contributed by atoms with Crippen LogP contribution in [0.1, 0.15) is 38.2 Å². The summed E-state index contributed by atoms with van der Waals surface area (Å²) in [6, 6.07) is 14.6. The van der Waals surface area contributed by atoms with E-state index in [1.165, 1.54) is 30.3 Å². The molecule has 1 aromatic heterocycles. The molecule has 0 aliphatic heterocycles. The van der Waals surface area contributed by atoms with Gasteiger partial charge in [0.05, 0.1) is 19.4 Å². The molecule has 176 valence electrons. The largest absolute Gasteiger partial charge is 0.493 e. The van der Waals surface area contributed by atoms with E-state index in [1.807, 2.05) is 24.3 Å². The third-order valence-electron chi connectivity index (χ3n) is 4.99. The minimum atomic E-state index is -0.544. The quantitative estimate of drug-likeness (QED) is 0.176. The number of nitrogens with one attached hydrogen (secondary N) is 1. The van der Waals surface area contributed by atoms with Gasteiger partial charge in [-0.05, 0) is 36.3 Å². The molecule has 0 fully saturated rings. The first-order valence-electron chi connectivity index (χ1n) is 11.0. The van der Waals surface area contributed by atoms with E-state index in [4.69, 9.17) is 21.1 Å². The summed E-state index contributed by atoms with van der Waals surface area (Å²) in [5.41, 5.74) is 2.03. The third-order valence-corrected chi connectivity index (χ3v) is 6.08. The van der Waals surface area contributed by atoms with Crippen molar-refractivity contribution in [1.29, 1.82) is 5.26 Å². The van der Waals surface area contributed by atoms with Crippen LogP contribution in [0.5, 0.6) is 11.5 Å². The van der Waals surface area contributed by atoms with Gasteiger partial charge in [-0.3, -0.25) is 10.1 Å². The number of hydrogen-bond donors (Lipinski definition) is 1. The van der Waals surface area contributed by atoms with Crippen molar-refractivity contribution in [3.05, 3.63) is 64.0 Å². The molecule has 1 amide bonds. The number of carbonyl (C=O) groups is 1. The number of amides is 1. The summed E-state index contributed by atoms with van der Waals surface area (Å²) in [5.74, 6) is 0.637. The van der Waals surface area contributed by atoms with Gasteiger partial charge in [0.2, 0.25) is 0 Å². The number of carbonyl (C=O) groups excluding carboxylic acids is 1. The SMILES string of the molecule is CCCCCCOc1ccc(/C=C(\C#N)C(=O)Nc2nc(-c3ccccc3Cl)cs2)cc1OC. The van der Waals surface area contributed by atoms with Crippen LogP contribution in [0.4, 0.5) is 5.13 Å². The topological polar surface area (TPSA) is 84.2 Å². The molecule has 1 N–H and O–H groups in total. The fraction of sp³-hybridized carbons (Fsp3) is 0.269. The number of thiazole rings is 1. The first-order valence-corrected chi connectivity index (χ1v) is 12.3. The van der Waals surface area contributed by atoms with Crippen LogP contribution in [0.25, 0.3) is 17.3 Å². The van der Waals surface area contributed by atoms with Crippen molar-refractivity contribution >= 4 is 40.1 Å². The van der Waals surface area contributed by atoms with Crippen molar-refractivity contribution in [3.63, 3.8) is 0 Å². The molecule has 1 heterocycles. The molecule has 0 saturated heterocycles. The molecule has 8 heteroatoms. The lowest BCUT2D eigenvalue weighted by Gasteiger charge is -2.11. The Kier molecular flexibility index (Phi) is 9.51. The van der Waals surface area contributed by atoms with Crippen LogP contribution < -0.4 is 14.8 Å². The Morgan fingerprint density at radius 1 is 1.21 bits per heavy atom. The van der Waals surface area contributed by atoms with E-state index < -0.39 is 5.91 Å². The van der Waals surface area contributed by atoms with Crippen LogP contribution in [-0.2, 0) is 4.79 Å². The standard InChI is InChI=1S/C26H26ClN3O3S/c1-3-4-5-8-13-33-23-12-11-18(15-24(23)32-2)14-19(16-28)25(31)30-26-29-22(17-34-26)20-9-6-7-10-21(20)27/h6-7,9-12,14-15,17H,3-5,8,13H2,1-2H3,(H,29,30,31)/b19-14+. The van der Waals surface area contributed by atoms with Gasteiger partial charge in [0.1, 0.15) is 11.6 Å². The molecule has 2 aromatic carbocycles. The molecule has 0 unspecified atom stereocenters. The Balaban J connectivity index is 1.69. The minimum Gasteiger partial charge on any atom is -0.493 e. The number of hydrogen-bond acceptors (Lipinski definition) is 6. The average Bonchev–Trinajstić information content (AvgIpc) is 3.31. The van der Waals surface area contributed by atoms with Crippen molar-refractivity contribution in [1.82, 2.24) is 4.98 Å². The summed E-state index contributed by atoms with van der Waals surface area (Å²) in [6.45, 7) is 2.78. The highest BCUT2D eigenvalue weighted by Gasteiger charge is 2.14. The second kappa shape index (κ2) is 12.8. The molecule has 0 atom stereocenters. The smallest absolute Gasteiger partial charge is 0.268 e. The van der Waals surface area contributed by atoms with E-state index in [0.717, 1.165) is 18.4 Å². The summed E-state index contributed by atoms with van der Waals surface area (Å²) in [7, 11) is 1.56. The van der Waals surface area contributed by atoms with E-state index in [1.54, 1.807) is 36.8 Å². The second-order valence-electron chi connectivity index (χ2n) is 7.46. The maximum atomic E-state index is 12.7. The maximum Gasteiger partial charge on any atom is 0.268 e. The van der Waals surface area contributed by atoms with E-state index in [2.05, 4.69) is 17.2 Å². The molecule has 0 aliphatic rings. The van der Waals surface area contributed by atoms with Gasteiger partial charge >= 0.3 is 0 Å². The lowest BCUT2D eigenvalue weighted by molar-refractivity contribution is -0.112. The molecular weight excluding hydrogens is 470 g/mol. The van der Waals surface area contributed by atoms with Crippen LogP contribution >= 0.6 is 22.9 Å². The molecule has 6 nitrogen and oxygen atoms in total. The van der Waals surface area contributed by atoms with Gasteiger partial charge in [-0.15, -0.1) is 11.3 Å². The van der Waals surface area contributed by atoms with Crippen molar-refractivity contribution in [3.8, 4) is 28.8 Å². The van der Waals surface area contributed by atoms with Crippen LogP contribution in [0.3, 0.4) is 0 Å². The fourth-order valence-electron chi connectivity index (χ4n) is 3.21. The Morgan fingerprint density at radius 3 is 2.76 bits per heavy atom. The number of benzene rings is 2. The van der Waals surface area contributed by atoms with Crippen molar-refractivity contribution in [2.75, 3.05) is 19.0 Å². The fourth-order valence-corrected chi connectivity index (χ4v) is 4.15. The highest BCUT2D eigenvalue weighted by atomic mass is 35.5. The van der Waals surface area contributed by atoms with E-state index >= 15 is 0 Å². The summed E-state index contributed by atoms with van der Waals surface area (Å²) in [4.78, 5) is 17.1. The van der Waals surface area contributed by atoms with Crippen molar-refractivity contribution in [2.24, 2.45) is 0 Å². The molecule has 34 heavy (non-hydrogen) atoms. The number of rotatable bonds is 11. The zero-order chi connectivity index (χ0) is 24.3. The summed E-state index contributed by atoms with van der Waals surface area (Å²) in [5, 5.41) is 15.0. The van der Waals surface area contributed by atoms with Gasteiger partial charge in [-0.2, -0.15) is 5.26 Å². The second-order valence-corrected chi connectivity index (χ2v) is 8.73. The summed E-state index contributed by atoms with van der Waals surface area (Å²) >= 11 is 7.49. The first-order chi connectivity index (χ1) is 16.5. The Morgan fingerprint density at radius 2 is 2.03 bits per heavy atom. The molecule has 3 rings (SSSR count). The predicted octanol–water partition coefficient (Wildman–Crippen LogP) is 6.98. The minimum absolute atomic E-state index is 0.0511. The number of nitrogens with zero attached hydrogens (tertiary/aromatic N) is 2. The van der Waals surface area contributed by atoms with Gasteiger partial charge in [0.15, 0.2) is 16.6 Å². The van der Waals surface area contributed by atoms with Gasteiger partial charge in [0, 0.05) is 16.0 Å². The van der Waals surface area contributed by atoms with Crippen LogP contribution in [0.2, 0.25) is 5.02 Å². The zero-order valence-electron chi connectivity index (χ0n) is 19.1. The number of anilines is 1. The molecule has 3 aromatic rings. The Hall–Kier alpha value is -3.34. The Labute approximate surface area is 208 Å². The highest BCUT2D eigenvalue weighted by molar-refractivity contribution is 7.14. The summed E-state index contributed by atoms with van der Waals surface area (Å²) < 4.78 is 11.3. The molecule has 0 bridgehead atoms. The van der Waals surface area contributed by atoms with Crippen LogP contribution in [0, 0.1) is 11.3 Å². The maximum absolute atomic E-state index is 12.7. The molecule has 0 aliphatic carbocycles. The average molecular weight is 496 g/mol. The van der Waals surface area contributed by atoms with Gasteiger partial charge in [-0.1, -0.05) is 62.1 Å². The molecule has 0 spiro atoms. The highest BCUT2D eigenvalue weighted by Crippen LogP contribution is 2.31. The zero-order valence-corrected chi connectivity index (χ0v) is 20.7. The van der Waals surface area contributed by atoms with E-state index in [-0.39, 0.29) is 5.57 Å². The molecule has 0 saturated carbocycles. The lowest BCUT2D eigenvalue weighted by atomic mass is 10.1. The summed E-state index contributed by atoms with van der Waals surface area (Å²) in [6.07, 6.45) is 5.97. The third kappa shape index (κ3) is 6.83. The Bertz CT molecular complexity index is 1200. The van der Waals surface area contributed by atoms with Crippen molar-refractivity contribution in [2.45, 2.75) is 32.6 Å². The molecule has 0 radical (unpaired) electrons. The number of methoxy groups -OCH3 is 1. The van der Waals surface area contributed by atoms with E-state index in [9.17, 15) is 10.1 Å². The van der Waals surface area contributed by atoms with E-state index in [0.29, 0.717) is 39.5 Å². The van der Waals surface area contributed by atoms with Crippen molar-refractivity contribution < 1.29 is 14.3 Å². The van der Waals surface area contributed by atoms with Gasteiger partial charge < -0.3 is 9.47 Å². The monoisotopic (exact) mass is 495 g/mol. The van der Waals surface area contributed by atoms with Crippen LogP contribution in [0.15, 0.2) is 53.4 Å². The van der Waals surface area contributed by atoms with Gasteiger partial charge in [-0.25, -0.2) is 4.98 Å². The number of halogens is 1. The molecular formula is C26H26ClN3O3S. The number of nitriles is 1. The first kappa shape index (κ1) is 25.3. The number of aromatic nitrogens is 1. The lowest BCUT2D eigenvalue weighted by Crippen LogP contribution is -2.13. The number of ether oxygens (including phenoxy) is 2. The van der Waals surface area contributed by atoms with Gasteiger partial charge in [0.25, 0.3) is 5.91 Å². The van der Waals surface area contributed by atoms with Crippen LogP contribution in [-0.4, -0.2) is 24.6 Å².